The lowest BCUT2D eigenvalue weighted by Crippen LogP contribution is -2.23. The van der Waals surface area contributed by atoms with Crippen molar-refractivity contribution in [1.29, 1.82) is 0 Å². The van der Waals surface area contributed by atoms with Crippen LogP contribution in [0.5, 0.6) is 5.75 Å². The van der Waals surface area contributed by atoms with E-state index in [1.54, 1.807) is 24.3 Å². The number of benzene rings is 2. The third kappa shape index (κ3) is 7.12. The van der Waals surface area contributed by atoms with Crippen LogP contribution in [-0.4, -0.2) is 24.7 Å². The first-order valence-electron chi connectivity index (χ1n) is 7.73. The van der Waals surface area contributed by atoms with Crippen LogP contribution in [0.2, 0.25) is 0 Å². The fourth-order valence-corrected chi connectivity index (χ4v) is 2.02. The number of amides is 2. The summed E-state index contributed by atoms with van der Waals surface area (Å²) in [6, 6.07) is 11.4. The van der Waals surface area contributed by atoms with E-state index >= 15 is 0 Å². The fraction of sp³-hybridized carbons (Fsp3) is 0.158. The Morgan fingerprint density at radius 1 is 1.04 bits per heavy atom. The summed E-state index contributed by atoms with van der Waals surface area (Å²) in [5.41, 5.74) is 1.54. The molecule has 0 saturated heterocycles. The van der Waals surface area contributed by atoms with Gasteiger partial charge in [-0.3, -0.25) is 9.59 Å². The van der Waals surface area contributed by atoms with Crippen LogP contribution in [0, 0.1) is 11.8 Å². The van der Waals surface area contributed by atoms with Gasteiger partial charge in [-0.1, -0.05) is 11.8 Å². The maximum Gasteiger partial charge on any atom is 0.573 e. The lowest BCUT2D eigenvalue weighted by atomic mass is 10.2. The smallest absolute Gasteiger partial charge is 0.406 e. The zero-order valence-electron chi connectivity index (χ0n) is 14.2. The molecule has 0 spiro atoms. The average molecular weight is 376 g/mol. The number of hydrogen-bond acceptors (Lipinski definition) is 3. The van der Waals surface area contributed by atoms with Gasteiger partial charge in [0.1, 0.15) is 5.75 Å². The molecule has 0 aromatic heterocycles. The van der Waals surface area contributed by atoms with Crippen molar-refractivity contribution >= 4 is 17.5 Å². The van der Waals surface area contributed by atoms with Gasteiger partial charge in [0.05, 0.1) is 6.54 Å². The third-order valence-electron chi connectivity index (χ3n) is 3.13. The van der Waals surface area contributed by atoms with Crippen molar-refractivity contribution in [1.82, 2.24) is 5.32 Å². The van der Waals surface area contributed by atoms with Crippen LogP contribution in [0.25, 0.3) is 0 Å². The van der Waals surface area contributed by atoms with Crippen LogP contribution >= 0.6 is 0 Å². The molecule has 0 unspecified atom stereocenters. The molecule has 2 N–H and O–H groups in total. The van der Waals surface area contributed by atoms with Gasteiger partial charge in [0, 0.05) is 23.7 Å². The topological polar surface area (TPSA) is 67.4 Å². The molecule has 0 aliphatic rings. The molecule has 0 fully saturated rings. The van der Waals surface area contributed by atoms with Crippen molar-refractivity contribution in [3.63, 3.8) is 0 Å². The maximum atomic E-state index is 12.1. The average Bonchev–Trinajstić information content (AvgIpc) is 2.58. The highest BCUT2D eigenvalue weighted by molar-refractivity contribution is 5.94. The molecule has 0 bridgehead atoms. The number of halogens is 3. The highest BCUT2D eigenvalue weighted by atomic mass is 19.4. The molecule has 2 rings (SSSR count). The van der Waals surface area contributed by atoms with Gasteiger partial charge in [-0.25, -0.2) is 0 Å². The molecule has 2 amide bonds. The van der Waals surface area contributed by atoms with Crippen molar-refractivity contribution in [2.24, 2.45) is 0 Å². The van der Waals surface area contributed by atoms with E-state index in [1.165, 1.54) is 19.1 Å². The molecule has 5 nitrogen and oxygen atoms in total. The second-order valence-electron chi connectivity index (χ2n) is 5.32. The van der Waals surface area contributed by atoms with E-state index < -0.39 is 18.0 Å². The number of anilines is 1. The van der Waals surface area contributed by atoms with Gasteiger partial charge in [0.25, 0.3) is 5.91 Å². The Hall–Kier alpha value is -3.47. The molecule has 0 radical (unpaired) electrons. The Bertz CT molecular complexity index is 864. The van der Waals surface area contributed by atoms with Crippen molar-refractivity contribution < 1.29 is 27.5 Å². The fourth-order valence-electron chi connectivity index (χ4n) is 2.02. The monoisotopic (exact) mass is 376 g/mol. The van der Waals surface area contributed by atoms with Gasteiger partial charge in [-0.2, -0.15) is 0 Å². The minimum absolute atomic E-state index is 0.0626. The van der Waals surface area contributed by atoms with Gasteiger partial charge in [0.2, 0.25) is 5.91 Å². The summed E-state index contributed by atoms with van der Waals surface area (Å²) in [6.07, 6.45) is -4.78. The molecule has 2 aromatic rings. The van der Waals surface area contributed by atoms with E-state index in [-0.39, 0.29) is 18.0 Å². The standard InChI is InChI=1S/C19H15F3N2O3/c1-13(25)24-16-8-4-14(5-9-16)3-2-12-23-18(26)15-6-10-17(11-7-15)27-19(20,21)22/h4-11H,12H2,1H3,(H,23,26)(H,24,25). The number of carbonyl (C=O) groups excluding carboxylic acids is 2. The van der Waals surface area contributed by atoms with Crippen molar-refractivity contribution in [3.05, 3.63) is 59.7 Å². The van der Waals surface area contributed by atoms with E-state index in [0.717, 1.165) is 12.1 Å². The van der Waals surface area contributed by atoms with Crippen LogP contribution < -0.4 is 15.4 Å². The number of ether oxygens (including phenoxy) is 1. The molecule has 0 heterocycles. The summed E-state index contributed by atoms with van der Waals surface area (Å²) in [4.78, 5) is 22.9. The largest absolute Gasteiger partial charge is 0.573 e. The molecule has 2 aromatic carbocycles. The highest BCUT2D eigenvalue weighted by Crippen LogP contribution is 2.22. The van der Waals surface area contributed by atoms with Crippen molar-refractivity contribution in [3.8, 4) is 17.6 Å². The molecule has 8 heteroatoms. The molecular formula is C19H15F3N2O3. The normalized spacial score (nSPS) is 10.4. The van der Waals surface area contributed by atoms with E-state index in [2.05, 4.69) is 27.2 Å². The molecule has 0 atom stereocenters. The molecule has 0 aliphatic carbocycles. The zero-order chi connectivity index (χ0) is 19.9. The van der Waals surface area contributed by atoms with Crippen molar-refractivity contribution in [2.75, 3.05) is 11.9 Å². The lowest BCUT2D eigenvalue weighted by molar-refractivity contribution is -0.274. The Labute approximate surface area is 153 Å². The summed E-state index contributed by atoms with van der Waals surface area (Å²) in [5, 5.41) is 5.18. The van der Waals surface area contributed by atoms with Crippen LogP contribution in [0.3, 0.4) is 0 Å². The van der Waals surface area contributed by atoms with Crippen molar-refractivity contribution in [2.45, 2.75) is 13.3 Å². The summed E-state index contributed by atoms with van der Waals surface area (Å²) >= 11 is 0. The lowest BCUT2D eigenvalue weighted by Gasteiger charge is -2.09. The Morgan fingerprint density at radius 3 is 2.22 bits per heavy atom. The van der Waals surface area contributed by atoms with Gasteiger partial charge < -0.3 is 15.4 Å². The van der Waals surface area contributed by atoms with E-state index in [4.69, 9.17) is 0 Å². The summed E-state index contributed by atoms with van der Waals surface area (Å²) < 4.78 is 40.0. The SMILES string of the molecule is CC(=O)Nc1ccc(C#CCNC(=O)c2ccc(OC(F)(F)F)cc2)cc1. The van der Waals surface area contributed by atoms with Crippen LogP contribution in [0.1, 0.15) is 22.8 Å². The number of hydrogen-bond donors (Lipinski definition) is 2. The minimum atomic E-state index is -4.78. The minimum Gasteiger partial charge on any atom is -0.406 e. The van der Waals surface area contributed by atoms with Gasteiger partial charge in [-0.15, -0.1) is 13.2 Å². The van der Waals surface area contributed by atoms with Crippen LogP contribution in [0.4, 0.5) is 18.9 Å². The van der Waals surface area contributed by atoms with Crippen LogP contribution in [0.15, 0.2) is 48.5 Å². The first-order valence-corrected chi connectivity index (χ1v) is 7.73. The van der Waals surface area contributed by atoms with Crippen LogP contribution in [-0.2, 0) is 4.79 Å². The van der Waals surface area contributed by atoms with E-state index in [0.29, 0.717) is 11.3 Å². The third-order valence-corrected chi connectivity index (χ3v) is 3.13. The number of carbonyl (C=O) groups is 2. The number of alkyl halides is 3. The Balaban J connectivity index is 1.86. The highest BCUT2D eigenvalue weighted by Gasteiger charge is 2.31. The molecule has 140 valence electrons. The van der Waals surface area contributed by atoms with E-state index in [9.17, 15) is 22.8 Å². The number of nitrogens with one attached hydrogen (secondary N) is 2. The first kappa shape index (κ1) is 19.8. The molecule has 0 saturated carbocycles. The predicted octanol–water partition coefficient (Wildman–Crippen LogP) is 3.33. The molecule has 0 aliphatic heterocycles. The second-order valence-corrected chi connectivity index (χ2v) is 5.32. The summed E-state index contributed by atoms with van der Waals surface area (Å²) in [7, 11) is 0. The Kier molecular flexibility index (Phi) is 6.44. The molecule has 27 heavy (non-hydrogen) atoms. The number of rotatable bonds is 4. The van der Waals surface area contributed by atoms with Gasteiger partial charge >= 0.3 is 6.36 Å². The van der Waals surface area contributed by atoms with Gasteiger partial charge in [0.15, 0.2) is 0 Å². The van der Waals surface area contributed by atoms with E-state index in [1.807, 2.05) is 0 Å². The van der Waals surface area contributed by atoms with Gasteiger partial charge in [-0.05, 0) is 48.5 Å². The second kappa shape index (κ2) is 8.76. The molecular weight excluding hydrogens is 361 g/mol. The first-order chi connectivity index (χ1) is 12.7. The Morgan fingerprint density at radius 2 is 1.67 bits per heavy atom. The summed E-state index contributed by atoms with van der Waals surface area (Å²) in [6.45, 7) is 1.47. The summed E-state index contributed by atoms with van der Waals surface area (Å²) in [5.74, 6) is 4.57. The zero-order valence-corrected chi connectivity index (χ0v) is 14.2. The predicted molar refractivity (Wildman–Crippen MR) is 93.1 cm³/mol. The quantitative estimate of drug-likeness (QED) is 0.805. The maximum absolute atomic E-state index is 12.1.